The Morgan fingerprint density at radius 1 is 0.725 bits per heavy atom. The molecule has 0 spiro atoms. The Morgan fingerprint density at radius 2 is 1.12 bits per heavy atom. The summed E-state index contributed by atoms with van der Waals surface area (Å²) in [6, 6.07) is 0. The second kappa shape index (κ2) is 24.1. The highest BCUT2D eigenvalue weighted by Crippen LogP contribution is 2.40. The van der Waals surface area contributed by atoms with E-state index in [-0.39, 0.29) is 25.7 Å². The average molecular weight is 727 g/mol. The molecule has 13 nitrogen and oxygen atoms in total. The molecule has 4 atom stereocenters. The van der Waals surface area contributed by atoms with Gasteiger partial charge in [0.25, 0.3) is 5.56 Å². The molecule has 0 saturated carbocycles. The van der Waals surface area contributed by atoms with Crippen LogP contribution in [-0.2, 0) is 23.9 Å². The summed E-state index contributed by atoms with van der Waals surface area (Å²) in [5.41, 5.74) is -4.59. The van der Waals surface area contributed by atoms with Crippen molar-refractivity contribution in [3.05, 3.63) is 32.9 Å². The molecule has 0 radical (unpaired) electrons. The normalized spacial score (nSPS) is 19.3. The number of ether oxygens (including phenoxy) is 1. The van der Waals surface area contributed by atoms with Gasteiger partial charge >= 0.3 is 17.6 Å². The van der Waals surface area contributed by atoms with Crippen molar-refractivity contribution in [2.75, 3.05) is 0 Å². The zero-order chi connectivity index (χ0) is 37.6. The first-order chi connectivity index (χ1) is 24.4. The largest absolute Gasteiger partial charge is 0.481 e. The van der Waals surface area contributed by atoms with Gasteiger partial charge in [-0.15, -0.1) is 0 Å². The summed E-state index contributed by atoms with van der Waals surface area (Å²) < 4.78 is 20.5. The summed E-state index contributed by atoms with van der Waals surface area (Å²) in [5.74, 6) is -4.08. The van der Waals surface area contributed by atoms with Gasteiger partial charge in [0.15, 0.2) is 17.2 Å². The number of rotatable bonds is 30. The third-order valence-electron chi connectivity index (χ3n) is 9.70. The Hall–Kier alpha value is -3.23. The van der Waals surface area contributed by atoms with Crippen molar-refractivity contribution in [1.29, 1.82) is 0 Å². The van der Waals surface area contributed by atoms with Crippen molar-refractivity contribution < 1.29 is 48.7 Å². The Balaban J connectivity index is 1.84. The number of nitrogens with zero attached hydrogens (tertiary/aromatic N) is 1. The van der Waals surface area contributed by atoms with Gasteiger partial charge in [-0.1, -0.05) is 103 Å². The molecule has 5 N–H and O–H groups in total. The topological polar surface area (TPSA) is 213 Å². The van der Waals surface area contributed by atoms with Gasteiger partial charge in [0.1, 0.15) is 18.4 Å². The minimum Gasteiger partial charge on any atom is -0.481 e. The highest BCUT2D eigenvalue weighted by atomic mass is 19.1. The number of carboxylic acids is 2. The molecule has 1 aliphatic heterocycles. The van der Waals surface area contributed by atoms with Gasteiger partial charge in [-0.25, -0.2) is 4.79 Å². The highest BCUT2D eigenvalue weighted by molar-refractivity contribution is 5.91. The Morgan fingerprint density at radius 3 is 1.55 bits per heavy atom. The zero-order valence-electron chi connectivity index (χ0n) is 30.0. The van der Waals surface area contributed by atoms with Crippen LogP contribution in [-0.4, -0.2) is 71.3 Å². The molecule has 1 saturated heterocycles. The molecule has 14 heteroatoms. The number of carboxylic acid groups (broad SMARTS) is 2. The quantitative estimate of drug-likeness (QED) is 0.0604. The number of H-pyrrole nitrogens is 1. The van der Waals surface area contributed by atoms with E-state index in [1.807, 2.05) is 4.98 Å². The van der Waals surface area contributed by atoms with Gasteiger partial charge in [-0.05, 0) is 25.7 Å². The van der Waals surface area contributed by atoms with Crippen LogP contribution in [0.2, 0.25) is 0 Å². The lowest BCUT2D eigenvalue weighted by atomic mass is 9.83. The van der Waals surface area contributed by atoms with Crippen LogP contribution in [0.15, 0.2) is 15.8 Å². The van der Waals surface area contributed by atoms with E-state index in [0.29, 0.717) is 42.9 Å². The summed E-state index contributed by atoms with van der Waals surface area (Å²) in [5, 5.41) is 40.1. The molecule has 1 fully saturated rings. The van der Waals surface area contributed by atoms with Crippen molar-refractivity contribution >= 4 is 23.5 Å². The number of aliphatic hydroxyl groups is 2. The first-order valence-electron chi connectivity index (χ1n) is 18.9. The first kappa shape index (κ1) is 43.9. The minimum atomic E-state index is -2.32. The van der Waals surface area contributed by atoms with Gasteiger partial charge in [0.2, 0.25) is 5.82 Å². The molecule has 2 rings (SSSR count). The summed E-state index contributed by atoms with van der Waals surface area (Å²) in [6.45, 7) is 0. The number of aromatic amines is 1. The maximum absolute atomic E-state index is 14.1. The van der Waals surface area contributed by atoms with Gasteiger partial charge < -0.3 is 25.2 Å². The van der Waals surface area contributed by atoms with E-state index in [4.69, 9.17) is 14.9 Å². The molecule has 51 heavy (non-hydrogen) atoms. The molecular formula is C37H59FN2O11. The van der Waals surface area contributed by atoms with Crippen LogP contribution in [0, 0.1) is 5.82 Å². The van der Waals surface area contributed by atoms with Crippen LogP contribution < -0.4 is 11.2 Å². The third-order valence-corrected chi connectivity index (χ3v) is 9.70. The fourth-order valence-electron chi connectivity index (χ4n) is 6.66. The number of halogens is 1. The number of hydrogen-bond donors (Lipinski definition) is 5. The van der Waals surface area contributed by atoms with E-state index in [2.05, 4.69) is 0 Å². The molecule has 0 unspecified atom stereocenters. The number of unbranched alkanes of at least 4 members (excludes halogenated alkanes) is 18. The minimum absolute atomic E-state index is 0.00485. The number of aliphatic carboxylic acids is 2. The number of aliphatic hydroxyl groups excluding tert-OH is 1. The molecule has 0 aliphatic carbocycles. The number of carbonyl (C=O) groups excluding carboxylic acids is 2. The van der Waals surface area contributed by atoms with E-state index in [9.17, 15) is 43.4 Å². The molecule has 0 aromatic carbocycles. The average Bonchev–Trinajstić information content (AvgIpc) is 3.44. The molecule has 1 aromatic heterocycles. The predicted octanol–water partition coefficient (Wildman–Crippen LogP) is 5.73. The van der Waals surface area contributed by atoms with Gasteiger partial charge in [-0.2, -0.15) is 4.39 Å². The lowest BCUT2D eigenvalue weighted by Gasteiger charge is -2.29. The molecule has 2 heterocycles. The molecule has 290 valence electrons. The maximum Gasteiger partial charge on any atom is 0.330 e. The number of hydrogen-bond acceptors (Lipinski definition) is 9. The summed E-state index contributed by atoms with van der Waals surface area (Å²) >= 11 is 0. The van der Waals surface area contributed by atoms with Crippen molar-refractivity contribution in [3.63, 3.8) is 0 Å². The van der Waals surface area contributed by atoms with E-state index in [1.165, 1.54) is 0 Å². The predicted molar refractivity (Wildman–Crippen MR) is 187 cm³/mol. The van der Waals surface area contributed by atoms with Crippen molar-refractivity contribution in [1.82, 2.24) is 9.55 Å². The van der Waals surface area contributed by atoms with E-state index in [0.717, 1.165) is 96.3 Å². The van der Waals surface area contributed by atoms with Crippen molar-refractivity contribution in [2.45, 2.75) is 185 Å². The van der Waals surface area contributed by atoms with Crippen LogP contribution in [0.4, 0.5) is 4.39 Å². The fourth-order valence-corrected chi connectivity index (χ4v) is 6.66. The van der Waals surface area contributed by atoms with Crippen LogP contribution in [0.25, 0.3) is 0 Å². The molecule has 0 amide bonds. The van der Waals surface area contributed by atoms with E-state index < -0.39 is 71.0 Å². The van der Waals surface area contributed by atoms with Crippen molar-refractivity contribution in [3.8, 4) is 0 Å². The summed E-state index contributed by atoms with van der Waals surface area (Å²) in [4.78, 5) is 73.5. The third kappa shape index (κ3) is 16.3. The second-order valence-electron chi connectivity index (χ2n) is 14.0. The van der Waals surface area contributed by atoms with Crippen LogP contribution >= 0.6 is 0 Å². The Labute approximate surface area is 299 Å². The van der Waals surface area contributed by atoms with Crippen molar-refractivity contribution in [2.24, 2.45) is 0 Å². The molecular weight excluding hydrogens is 667 g/mol. The van der Waals surface area contributed by atoms with E-state index >= 15 is 0 Å². The number of nitrogens with one attached hydrogen (secondary N) is 1. The number of Topliss-reactive ketones (excluding diaryl/α,β-unsaturated/α-hetero) is 2. The van der Waals surface area contributed by atoms with Crippen LogP contribution in [0.1, 0.15) is 167 Å². The first-order valence-corrected chi connectivity index (χ1v) is 18.9. The summed E-state index contributed by atoms with van der Waals surface area (Å²) in [7, 11) is 0. The molecule has 1 aromatic rings. The Bertz CT molecular complexity index is 1350. The smallest absolute Gasteiger partial charge is 0.330 e. The lowest BCUT2D eigenvalue weighted by Crippen LogP contribution is -2.53. The molecule has 0 bridgehead atoms. The Kier molecular flexibility index (Phi) is 20.8. The highest BCUT2D eigenvalue weighted by Gasteiger charge is 2.56. The molecule has 1 aliphatic rings. The fraction of sp³-hybridized carbons (Fsp3) is 0.784. The van der Waals surface area contributed by atoms with E-state index in [1.54, 1.807) is 0 Å². The maximum atomic E-state index is 14.1. The number of aromatic nitrogens is 2. The van der Waals surface area contributed by atoms with Crippen LogP contribution in [0.5, 0.6) is 0 Å². The number of carbonyl (C=O) groups is 4. The monoisotopic (exact) mass is 726 g/mol. The second-order valence-corrected chi connectivity index (χ2v) is 14.0. The van der Waals surface area contributed by atoms with Gasteiger partial charge in [0.05, 0.1) is 6.20 Å². The zero-order valence-corrected chi connectivity index (χ0v) is 30.0. The SMILES string of the molecule is O=C(O)CCCCCCCCCCCCC(=O)[C@@H](O)[C@H]1O[C@@H](n2cc(F)c(=O)[nH]c2=O)C[C@@]1(O)C(=O)CCCCCCCCCCCCC(=O)O. The standard InChI is InChI=1S/C37H59FN2O11/c38-27-26-40(36(49)39-35(27)48)30-25-37(50,29(42)22-18-14-10-6-2-4-8-12-16-20-24-32(45)46)34(51-30)33(47)28(41)21-17-13-9-5-1-3-7-11-15-19-23-31(43)44/h26,30,33-34,47,50H,1-25H2,(H,43,44)(H,45,46)(H,39,48,49)/t30-,33-,34-,37-/m1/s1. The number of ketones is 2. The van der Waals surface area contributed by atoms with Crippen LogP contribution in [0.3, 0.4) is 0 Å². The summed E-state index contributed by atoms with van der Waals surface area (Å²) in [6.07, 6.45) is 13.0. The lowest BCUT2D eigenvalue weighted by molar-refractivity contribution is -0.160. The van der Waals surface area contributed by atoms with Gasteiger partial charge in [0, 0.05) is 32.1 Å². The van der Waals surface area contributed by atoms with Gasteiger partial charge in [-0.3, -0.25) is 33.5 Å².